The second kappa shape index (κ2) is 8.21. The molecule has 0 radical (unpaired) electrons. The zero-order valence-corrected chi connectivity index (χ0v) is 14.4. The molecule has 3 N–H and O–H groups in total. The SMILES string of the molecule is COc1cc2ccncc2cc1CN1CC[C@H](N)C1=O.O=C(O)C(F)(F)F. The zero-order valence-electron chi connectivity index (χ0n) is 14.4. The quantitative estimate of drug-likeness (QED) is 0.837. The van der Waals surface area contributed by atoms with Crippen molar-refractivity contribution in [2.45, 2.75) is 25.2 Å². The molecule has 0 saturated carbocycles. The van der Waals surface area contributed by atoms with Gasteiger partial charge in [0.1, 0.15) is 5.75 Å². The number of nitrogens with two attached hydrogens (primary N) is 1. The van der Waals surface area contributed by atoms with E-state index in [0.29, 0.717) is 13.1 Å². The number of aliphatic carboxylic acids is 1. The van der Waals surface area contributed by atoms with Gasteiger partial charge in [0.2, 0.25) is 5.91 Å². The highest BCUT2D eigenvalue weighted by molar-refractivity contribution is 5.85. The lowest BCUT2D eigenvalue weighted by Crippen LogP contribution is -2.33. The Morgan fingerprint density at radius 3 is 2.59 bits per heavy atom. The van der Waals surface area contributed by atoms with Crippen LogP contribution in [0.4, 0.5) is 13.2 Å². The Labute approximate surface area is 152 Å². The van der Waals surface area contributed by atoms with E-state index in [1.807, 2.05) is 24.4 Å². The number of hydrogen-bond acceptors (Lipinski definition) is 5. The Bertz CT molecular complexity index is 842. The molecular weight excluding hydrogens is 367 g/mol. The fraction of sp³-hybridized carbons (Fsp3) is 0.353. The summed E-state index contributed by atoms with van der Waals surface area (Å²) in [7, 11) is 1.64. The number of carboxylic acid groups (broad SMARTS) is 1. The molecule has 27 heavy (non-hydrogen) atoms. The molecule has 1 saturated heterocycles. The lowest BCUT2D eigenvalue weighted by molar-refractivity contribution is -0.192. The van der Waals surface area contributed by atoms with E-state index in [1.54, 1.807) is 18.2 Å². The monoisotopic (exact) mass is 385 g/mol. The Morgan fingerprint density at radius 1 is 1.41 bits per heavy atom. The maximum atomic E-state index is 11.9. The summed E-state index contributed by atoms with van der Waals surface area (Å²) in [4.78, 5) is 26.7. The van der Waals surface area contributed by atoms with Crippen LogP contribution in [0.1, 0.15) is 12.0 Å². The molecule has 1 aliphatic heterocycles. The molecule has 1 aromatic heterocycles. The van der Waals surface area contributed by atoms with Gasteiger partial charge in [-0.2, -0.15) is 13.2 Å². The number of methoxy groups -OCH3 is 1. The highest BCUT2D eigenvalue weighted by Crippen LogP contribution is 2.27. The molecule has 0 unspecified atom stereocenters. The molecule has 0 aliphatic carbocycles. The molecule has 1 aromatic carbocycles. The number of halogens is 3. The molecule has 1 atom stereocenters. The summed E-state index contributed by atoms with van der Waals surface area (Å²) in [6.45, 7) is 1.23. The fourth-order valence-electron chi connectivity index (χ4n) is 2.60. The van der Waals surface area contributed by atoms with E-state index in [2.05, 4.69) is 4.98 Å². The minimum absolute atomic E-state index is 0.0123. The van der Waals surface area contributed by atoms with Gasteiger partial charge in [0.25, 0.3) is 0 Å². The van der Waals surface area contributed by atoms with E-state index in [-0.39, 0.29) is 11.9 Å². The minimum atomic E-state index is -5.08. The Kier molecular flexibility index (Phi) is 6.21. The number of alkyl halides is 3. The number of aromatic nitrogens is 1. The number of benzene rings is 1. The first-order chi connectivity index (χ1) is 12.6. The molecule has 3 rings (SSSR count). The Morgan fingerprint density at radius 2 is 2.07 bits per heavy atom. The summed E-state index contributed by atoms with van der Waals surface area (Å²) in [5.41, 5.74) is 6.73. The second-order valence-corrected chi connectivity index (χ2v) is 5.84. The summed E-state index contributed by atoms with van der Waals surface area (Å²) < 4.78 is 37.2. The van der Waals surface area contributed by atoms with Crippen LogP contribution in [0, 0.1) is 0 Å². The van der Waals surface area contributed by atoms with Gasteiger partial charge in [-0.05, 0) is 30.0 Å². The van der Waals surface area contributed by atoms with Crippen LogP contribution in [0.3, 0.4) is 0 Å². The van der Waals surface area contributed by atoms with Gasteiger partial charge < -0.3 is 20.5 Å². The molecule has 7 nitrogen and oxygen atoms in total. The fourth-order valence-corrected chi connectivity index (χ4v) is 2.60. The lowest BCUT2D eigenvalue weighted by atomic mass is 10.1. The number of ether oxygens (including phenoxy) is 1. The van der Waals surface area contributed by atoms with Crippen molar-refractivity contribution in [3.05, 3.63) is 36.2 Å². The topological polar surface area (TPSA) is 106 Å². The van der Waals surface area contributed by atoms with Crippen molar-refractivity contribution in [3.8, 4) is 5.75 Å². The largest absolute Gasteiger partial charge is 0.496 e. The van der Waals surface area contributed by atoms with Crippen molar-refractivity contribution in [1.29, 1.82) is 0 Å². The number of fused-ring (bicyclic) bond motifs is 1. The van der Waals surface area contributed by atoms with Crippen molar-refractivity contribution in [2.24, 2.45) is 5.73 Å². The molecule has 0 spiro atoms. The van der Waals surface area contributed by atoms with E-state index in [0.717, 1.165) is 28.5 Å². The zero-order chi connectivity index (χ0) is 20.2. The maximum absolute atomic E-state index is 11.9. The molecule has 1 fully saturated rings. The third kappa shape index (κ3) is 5.07. The molecule has 1 aliphatic rings. The molecule has 0 bridgehead atoms. The van der Waals surface area contributed by atoms with Crippen LogP contribution in [-0.2, 0) is 16.1 Å². The van der Waals surface area contributed by atoms with Crippen LogP contribution in [0.25, 0.3) is 10.8 Å². The highest BCUT2D eigenvalue weighted by Gasteiger charge is 2.38. The van der Waals surface area contributed by atoms with Crippen LogP contribution < -0.4 is 10.5 Å². The number of pyridine rings is 1. The number of carboxylic acids is 1. The van der Waals surface area contributed by atoms with E-state index in [1.165, 1.54) is 0 Å². The van der Waals surface area contributed by atoms with Gasteiger partial charge in [0.15, 0.2) is 0 Å². The molecule has 146 valence electrons. The molecule has 10 heteroatoms. The van der Waals surface area contributed by atoms with Crippen molar-refractivity contribution in [3.63, 3.8) is 0 Å². The van der Waals surface area contributed by atoms with Gasteiger partial charge in [0, 0.05) is 36.4 Å². The van der Waals surface area contributed by atoms with E-state index >= 15 is 0 Å². The van der Waals surface area contributed by atoms with E-state index < -0.39 is 12.1 Å². The van der Waals surface area contributed by atoms with Crippen LogP contribution >= 0.6 is 0 Å². The number of amides is 1. The van der Waals surface area contributed by atoms with Crippen LogP contribution in [0.15, 0.2) is 30.6 Å². The van der Waals surface area contributed by atoms with Crippen molar-refractivity contribution >= 4 is 22.6 Å². The Hall–Kier alpha value is -2.88. The smallest absolute Gasteiger partial charge is 0.490 e. The second-order valence-electron chi connectivity index (χ2n) is 5.84. The number of hydrogen-bond donors (Lipinski definition) is 2. The number of likely N-dealkylation sites (tertiary alicyclic amines) is 1. The van der Waals surface area contributed by atoms with Gasteiger partial charge in [-0.1, -0.05) is 0 Å². The number of nitrogens with zero attached hydrogens (tertiary/aromatic N) is 2. The summed E-state index contributed by atoms with van der Waals surface area (Å²) in [6.07, 6.45) is -0.795. The maximum Gasteiger partial charge on any atom is 0.490 e. The summed E-state index contributed by atoms with van der Waals surface area (Å²) in [5.74, 6) is -1.96. The van der Waals surface area contributed by atoms with Gasteiger partial charge in [-0.15, -0.1) is 0 Å². The van der Waals surface area contributed by atoms with Crippen molar-refractivity contribution < 1.29 is 32.6 Å². The predicted octanol–water partition coefficient (Wildman–Crippen LogP) is 1.94. The third-order valence-corrected chi connectivity index (χ3v) is 3.98. The first-order valence-corrected chi connectivity index (χ1v) is 7.88. The number of carbonyl (C=O) groups is 2. The molecule has 2 aromatic rings. The average Bonchev–Trinajstić information content (AvgIpc) is 2.93. The first-order valence-electron chi connectivity index (χ1n) is 7.88. The highest BCUT2D eigenvalue weighted by atomic mass is 19.4. The third-order valence-electron chi connectivity index (χ3n) is 3.98. The summed E-state index contributed by atoms with van der Waals surface area (Å²) >= 11 is 0. The number of rotatable bonds is 3. The van der Waals surface area contributed by atoms with E-state index in [4.69, 9.17) is 20.4 Å². The van der Waals surface area contributed by atoms with Crippen LogP contribution in [-0.4, -0.2) is 52.7 Å². The van der Waals surface area contributed by atoms with Gasteiger partial charge >= 0.3 is 12.1 Å². The minimum Gasteiger partial charge on any atom is -0.496 e. The van der Waals surface area contributed by atoms with Crippen molar-refractivity contribution in [2.75, 3.05) is 13.7 Å². The number of carbonyl (C=O) groups excluding carboxylic acids is 1. The molecule has 1 amide bonds. The molecule has 2 heterocycles. The lowest BCUT2D eigenvalue weighted by Gasteiger charge is -2.18. The average molecular weight is 385 g/mol. The van der Waals surface area contributed by atoms with Crippen LogP contribution in [0.2, 0.25) is 0 Å². The van der Waals surface area contributed by atoms with Gasteiger partial charge in [-0.25, -0.2) is 4.79 Å². The normalized spacial score (nSPS) is 16.9. The summed E-state index contributed by atoms with van der Waals surface area (Å²) in [6, 6.07) is 5.59. The molecular formula is C17H18F3N3O4. The van der Waals surface area contributed by atoms with E-state index in [9.17, 15) is 18.0 Å². The standard InChI is InChI=1S/C15H17N3O2.C2HF3O2/c1-20-14-7-10-2-4-17-8-11(10)6-12(14)9-18-5-3-13(16)15(18)19;3-2(4,5)1(6)7/h2,4,6-8,13H,3,5,9,16H2,1H3;(H,6,7)/t13-;/m0./s1. The van der Waals surface area contributed by atoms with Crippen LogP contribution in [0.5, 0.6) is 5.75 Å². The first kappa shape index (κ1) is 20.4. The Balaban J connectivity index is 0.000000321. The van der Waals surface area contributed by atoms with Gasteiger partial charge in [-0.3, -0.25) is 9.78 Å². The predicted molar refractivity (Wildman–Crippen MR) is 90.0 cm³/mol. The van der Waals surface area contributed by atoms with Gasteiger partial charge in [0.05, 0.1) is 13.2 Å². The van der Waals surface area contributed by atoms with Crippen molar-refractivity contribution in [1.82, 2.24) is 9.88 Å². The summed E-state index contributed by atoms with van der Waals surface area (Å²) in [5, 5.41) is 9.24.